The second kappa shape index (κ2) is 8.74. The quantitative estimate of drug-likeness (QED) is 0.712. The summed E-state index contributed by atoms with van der Waals surface area (Å²) < 4.78 is 51.0. The molecule has 0 saturated heterocycles. The maximum atomic E-state index is 11.9. The topological polar surface area (TPSA) is 39.7 Å². The summed E-state index contributed by atoms with van der Waals surface area (Å²) in [6, 6.07) is 5.52. The third kappa shape index (κ3) is 6.68. The summed E-state index contributed by atoms with van der Waals surface area (Å²) in [4.78, 5) is 0. The van der Waals surface area contributed by atoms with Crippen molar-refractivity contribution in [1.29, 1.82) is 0 Å². The van der Waals surface area contributed by atoms with Crippen LogP contribution in [0.3, 0.4) is 0 Å². The first-order chi connectivity index (χ1) is 9.98. The first kappa shape index (κ1) is 17.6. The number of methoxy groups -OCH3 is 1. The van der Waals surface area contributed by atoms with Crippen molar-refractivity contribution >= 4 is 0 Å². The van der Waals surface area contributed by atoms with Crippen molar-refractivity contribution in [3.63, 3.8) is 0 Å². The van der Waals surface area contributed by atoms with E-state index < -0.39 is 12.8 Å². The smallest absolute Gasteiger partial charge is 0.411 e. The molecule has 0 heterocycles. The van der Waals surface area contributed by atoms with Crippen LogP contribution in [0.15, 0.2) is 18.2 Å². The number of halogens is 3. The van der Waals surface area contributed by atoms with E-state index in [1.54, 1.807) is 6.07 Å². The van der Waals surface area contributed by atoms with Crippen LogP contribution in [-0.2, 0) is 11.3 Å². The van der Waals surface area contributed by atoms with Crippen molar-refractivity contribution < 1.29 is 27.4 Å². The maximum Gasteiger partial charge on any atom is 0.411 e. The minimum Gasteiger partial charge on any atom is -0.493 e. The molecule has 1 rings (SSSR count). The predicted octanol–water partition coefficient (Wildman–Crippen LogP) is 2.76. The van der Waals surface area contributed by atoms with Gasteiger partial charge in [0.2, 0.25) is 0 Å². The Morgan fingerprint density at radius 3 is 2.57 bits per heavy atom. The van der Waals surface area contributed by atoms with Crippen molar-refractivity contribution in [1.82, 2.24) is 5.32 Å². The fraction of sp³-hybridized carbons (Fsp3) is 0.571. The van der Waals surface area contributed by atoms with Crippen molar-refractivity contribution in [2.75, 3.05) is 34.0 Å². The van der Waals surface area contributed by atoms with Gasteiger partial charge in [0.05, 0.1) is 20.3 Å². The molecule has 0 spiro atoms. The molecular formula is C14H20F3NO3. The van der Waals surface area contributed by atoms with Crippen LogP contribution < -0.4 is 14.8 Å². The van der Waals surface area contributed by atoms with E-state index in [1.165, 1.54) is 7.11 Å². The number of para-hydroxylation sites is 1. The van der Waals surface area contributed by atoms with Gasteiger partial charge < -0.3 is 19.5 Å². The summed E-state index contributed by atoms with van der Waals surface area (Å²) in [7, 11) is 3.35. The van der Waals surface area contributed by atoms with E-state index in [9.17, 15) is 13.2 Å². The lowest BCUT2D eigenvalue weighted by Crippen LogP contribution is -2.18. The fourth-order valence-electron chi connectivity index (χ4n) is 1.74. The van der Waals surface area contributed by atoms with E-state index in [0.29, 0.717) is 24.5 Å². The second-order valence-corrected chi connectivity index (χ2v) is 4.35. The van der Waals surface area contributed by atoms with Crippen molar-refractivity contribution in [3.05, 3.63) is 23.8 Å². The average Bonchev–Trinajstić information content (AvgIpc) is 2.42. The van der Waals surface area contributed by atoms with Crippen LogP contribution in [0, 0.1) is 0 Å². The number of hydrogen-bond donors (Lipinski definition) is 1. The Hall–Kier alpha value is -1.47. The zero-order valence-corrected chi connectivity index (χ0v) is 12.1. The lowest BCUT2D eigenvalue weighted by atomic mass is 10.2. The Balaban J connectivity index is 2.43. The number of rotatable bonds is 9. The van der Waals surface area contributed by atoms with E-state index in [-0.39, 0.29) is 13.2 Å². The Bertz CT molecular complexity index is 424. The largest absolute Gasteiger partial charge is 0.493 e. The molecule has 0 aromatic heterocycles. The average molecular weight is 307 g/mol. The molecule has 0 saturated carbocycles. The molecule has 0 aliphatic carbocycles. The van der Waals surface area contributed by atoms with Gasteiger partial charge in [-0.3, -0.25) is 0 Å². The molecular weight excluding hydrogens is 287 g/mol. The highest BCUT2D eigenvalue weighted by molar-refractivity contribution is 5.46. The molecule has 0 aliphatic heterocycles. The molecule has 0 amide bonds. The van der Waals surface area contributed by atoms with E-state index in [0.717, 1.165) is 5.56 Å². The molecule has 0 unspecified atom stereocenters. The minimum atomic E-state index is -4.29. The van der Waals surface area contributed by atoms with E-state index in [2.05, 4.69) is 10.1 Å². The third-order valence-electron chi connectivity index (χ3n) is 2.59. The van der Waals surface area contributed by atoms with Gasteiger partial charge in [0.15, 0.2) is 11.5 Å². The number of ether oxygens (including phenoxy) is 3. The Kier molecular flexibility index (Phi) is 7.31. The van der Waals surface area contributed by atoms with Crippen LogP contribution in [0.5, 0.6) is 11.5 Å². The van der Waals surface area contributed by atoms with Gasteiger partial charge in [-0.15, -0.1) is 0 Å². The normalized spacial score (nSPS) is 11.5. The SMILES string of the molecule is CNCc1cccc(OC)c1OCCCOCC(F)(F)F. The highest BCUT2D eigenvalue weighted by atomic mass is 19.4. The predicted molar refractivity (Wildman–Crippen MR) is 72.7 cm³/mol. The van der Waals surface area contributed by atoms with Gasteiger partial charge in [0.25, 0.3) is 0 Å². The summed E-state index contributed by atoms with van der Waals surface area (Å²) in [6.07, 6.45) is -3.92. The van der Waals surface area contributed by atoms with E-state index >= 15 is 0 Å². The van der Waals surface area contributed by atoms with Crippen LogP contribution in [0.25, 0.3) is 0 Å². The van der Waals surface area contributed by atoms with Crippen molar-refractivity contribution in [2.24, 2.45) is 0 Å². The Labute approximate surface area is 122 Å². The van der Waals surface area contributed by atoms with Gasteiger partial charge in [0, 0.05) is 18.5 Å². The van der Waals surface area contributed by atoms with Crippen molar-refractivity contribution in [3.8, 4) is 11.5 Å². The van der Waals surface area contributed by atoms with Gasteiger partial charge in [-0.25, -0.2) is 0 Å². The first-order valence-corrected chi connectivity index (χ1v) is 6.55. The molecule has 0 fully saturated rings. The van der Waals surface area contributed by atoms with Crippen LogP contribution in [0.1, 0.15) is 12.0 Å². The summed E-state index contributed by atoms with van der Waals surface area (Å²) in [6.45, 7) is -0.366. The summed E-state index contributed by atoms with van der Waals surface area (Å²) in [5.74, 6) is 1.20. The standard InChI is InChI=1S/C14H20F3NO3/c1-18-9-11-5-3-6-12(19-2)13(11)21-8-4-7-20-10-14(15,16)17/h3,5-6,18H,4,7-10H2,1-2H3. The highest BCUT2D eigenvalue weighted by Gasteiger charge is 2.27. The molecule has 0 radical (unpaired) electrons. The van der Waals surface area contributed by atoms with E-state index in [4.69, 9.17) is 9.47 Å². The van der Waals surface area contributed by atoms with Gasteiger partial charge >= 0.3 is 6.18 Å². The van der Waals surface area contributed by atoms with Crippen LogP contribution in [0.4, 0.5) is 13.2 Å². The summed E-state index contributed by atoms with van der Waals surface area (Å²) >= 11 is 0. The molecule has 21 heavy (non-hydrogen) atoms. The monoisotopic (exact) mass is 307 g/mol. The fourth-order valence-corrected chi connectivity index (χ4v) is 1.74. The van der Waals surface area contributed by atoms with Crippen molar-refractivity contribution in [2.45, 2.75) is 19.1 Å². The number of nitrogens with one attached hydrogen (secondary N) is 1. The molecule has 1 aromatic carbocycles. The lowest BCUT2D eigenvalue weighted by molar-refractivity contribution is -0.174. The molecule has 1 N–H and O–H groups in total. The molecule has 0 aliphatic rings. The number of hydrogen-bond acceptors (Lipinski definition) is 4. The highest BCUT2D eigenvalue weighted by Crippen LogP contribution is 2.31. The molecule has 7 heteroatoms. The summed E-state index contributed by atoms with van der Waals surface area (Å²) in [5.41, 5.74) is 0.924. The van der Waals surface area contributed by atoms with Crippen LogP contribution in [0.2, 0.25) is 0 Å². The lowest BCUT2D eigenvalue weighted by Gasteiger charge is -2.15. The zero-order chi connectivity index (χ0) is 15.7. The van der Waals surface area contributed by atoms with Gasteiger partial charge in [0.1, 0.15) is 6.61 Å². The molecule has 0 bridgehead atoms. The van der Waals surface area contributed by atoms with Gasteiger partial charge in [-0.1, -0.05) is 12.1 Å². The minimum absolute atomic E-state index is 0.00395. The number of benzene rings is 1. The molecule has 0 atom stereocenters. The first-order valence-electron chi connectivity index (χ1n) is 6.55. The zero-order valence-electron chi connectivity index (χ0n) is 12.1. The van der Waals surface area contributed by atoms with Gasteiger partial charge in [-0.2, -0.15) is 13.2 Å². The molecule has 1 aromatic rings. The molecule has 4 nitrogen and oxygen atoms in total. The van der Waals surface area contributed by atoms with Gasteiger partial charge in [-0.05, 0) is 13.1 Å². The third-order valence-corrected chi connectivity index (χ3v) is 2.59. The Morgan fingerprint density at radius 1 is 1.19 bits per heavy atom. The van der Waals surface area contributed by atoms with Crippen LogP contribution in [-0.4, -0.2) is 40.2 Å². The second-order valence-electron chi connectivity index (χ2n) is 4.35. The number of alkyl halides is 3. The summed E-state index contributed by atoms with van der Waals surface area (Å²) in [5, 5.41) is 3.02. The Morgan fingerprint density at radius 2 is 1.95 bits per heavy atom. The van der Waals surface area contributed by atoms with Crippen LogP contribution >= 0.6 is 0 Å². The van der Waals surface area contributed by atoms with E-state index in [1.807, 2.05) is 19.2 Å². The maximum absolute atomic E-state index is 11.9. The molecule has 120 valence electrons.